The van der Waals surface area contributed by atoms with Crippen LogP contribution >= 0.6 is 11.8 Å². The maximum absolute atomic E-state index is 12.9. The van der Waals surface area contributed by atoms with Gasteiger partial charge in [0.1, 0.15) is 25.7 Å². The van der Waals surface area contributed by atoms with E-state index in [4.69, 9.17) is 9.84 Å². The molecule has 35 heavy (non-hydrogen) atoms. The Morgan fingerprint density at radius 3 is 2.17 bits per heavy atom. The Balaban J connectivity index is 1.71. The number of rotatable bonds is 10. The highest BCUT2D eigenvalue weighted by atomic mass is 32.2. The van der Waals surface area contributed by atoms with Crippen molar-refractivity contribution in [3.8, 4) is 11.1 Å². The van der Waals surface area contributed by atoms with Crippen LogP contribution < -0.4 is 5.32 Å². The lowest BCUT2D eigenvalue weighted by molar-refractivity contribution is -0.166. The van der Waals surface area contributed by atoms with E-state index in [9.17, 15) is 27.6 Å². The van der Waals surface area contributed by atoms with E-state index < -0.39 is 43.3 Å². The van der Waals surface area contributed by atoms with Gasteiger partial charge >= 0.3 is 18.2 Å². The van der Waals surface area contributed by atoms with E-state index >= 15 is 0 Å². The number of alkyl halides is 3. The van der Waals surface area contributed by atoms with Crippen molar-refractivity contribution in [2.45, 2.75) is 24.6 Å². The number of carboxylic acids is 1. The molecule has 11 heteroatoms. The van der Waals surface area contributed by atoms with Crippen LogP contribution in [0.4, 0.5) is 18.0 Å². The predicted molar refractivity (Wildman–Crippen MR) is 125 cm³/mol. The van der Waals surface area contributed by atoms with Gasteiger partial charge in [-0.15, -0.1) is 0 Å². The summed E-state index contributed by atoms with van der Waals surface area (Å²) in [6.07, 6.45) is -4.01. The number of benzene rings is 2. The molecule has 0 saturated heterocycles. The van der Waals surface area contributed by atoms with Gasteiger partial charge in [0, 0.05) is 5.92 Å². The lowest BCUT2D eigenvalue weighted by Crippen LogP contribution is -2.52. The minimum atomic E-state index is -4.79. The summed E-state index contributed by atoms with van der Waals surface area (Å²) in [5, 5.41) is 11.3. The molecule has 2 aromatic rings. The minimum absolute atomic E-state index is 0.0121. The number of halogens is 3. The molecule has 3 rings (SSSR count). The summed E-state index contributed by atoms with van der Waals surface area (Å²) in [5.41, 5.74) is 4.02. The van der Waals surface area contributed by atoms with E-state index in [1.807, 2.05) is 48.5 Å². The number of carboxylic acid groups (broad SMARTS) is 1. The number of alkyl carbamates (subject to hydrolysis) is 1. The third-order valence-electron chi connectivity index (χ3n) is 5.55. The van der Waals surface area contributed by atoms with Gasteiger partial charge in [-0.25, -0.2) is 4.79 Å². The van der Waals surface area contributed by atoms with Gasteiger partial charge in [0.15, 0.2) is 0 Å². The van der Waals surface area contributed by atoms with E-state index in [-0.39, 0.29) is 23.8 Å². The van der Waals surface area contributed by atoms with Crippen molar-refractivity contribution >= 4 is 29.7 Å². The van der Waals surface area contributed by atoms with Crippen molar-refractivity contribution in [3.05, 3.63) is 59.7 Å². The van der Waals surface area contributed by atoms with E-state index in [0.29, 0.717) is 5.75 Å². The van der Waals surface area contributed by atoms with Crippen molar-refractivity contribution in [2.24, 2.45) is 0 Å². The molecule has 2 amide bonds. The first-order chi connectivity index (χ1) is 16.6. The highest BCUT2D eigenvalue weighted by Gasteiger charge is 2.37. The van der Waals surface area contributed by atoms with Crippen molar-refractivity contribution in [1.29, 1.82) is 0 Å². The summed E-state index contributed by atoms with van der Waals surface area (Å²) < 4.78 is 44.2. The molecule has 0 unspecified atom stereocenters. The van der Waals surface area contributed by atoms with Gasteiger partial charge in [0.25, 0.3) is 0 Å². The Morgan fingerprint density at radius 2 is 1.66 bits per heavy atom. The molecule has 0 bridgehead atoms. The third-order valence-corrected chi connectivity index (χ3v) is 6.20. The molecule has 0 heterocycles. The molecule has 7 nitrogen and oxygen atoms in total. The van der Waals surface area contributed by atoms with Crippen molar-refractivity contribution in [3.63, 3.8) is 0 Å². The van der Waals surface area contributed by atoms with Gasteiger partial charge in [-0.2, -0.15) is 24.9 Å². The van der Waals surface area contributed by atoms with Gasteiger partial charge in [-0.1, -0.05) is 48.5 Å². The molecule has 1 aliphatic carbocycles. The molecule has 2 N–H and O–H groups in total. The topological polar surface area (TPSA) is 95.9 Å². The van der Waals surface area contributed by atoms with Crippen LogP contribution in [0.5, 0.6) is 0 Å². The zero-order valence-corrected chi connectivity index (χ0v) is 19.7. The lowest BCUT2D eigenvalue weighted by atomic mass is 9.98. The minimum Gasteiger partial charge on any atom is -0.480 e. The molecule has 0 aromatic heterocycles. The maximum atomic E-state index is 12.9. The van der Waals surface area contributed by atoms with Crippen LogP contribution in [0.1, 0.15) is 23.5 Å². The number of thioether (sulfide) groups is 1. The van der Waals surface area contributed by atoms with Gasteiger partial charge in [-0.3, -0.25) is 9.59 Å². The van der Waals surface area contributed by atoms with Crippen LogP contribution in [-0.2, 0) is 14.3 Å². The van der Waals surface area contributed by atoms with Crippen LogP contribution in [0, 0.1) is 0 Å². The molecule has 0 aliphatic heterocycles. The highest BCUT2D eigenvalue weighted by molar-refractivity contribution is 7.98. The standard InChI is InChI=1S/C24H25F3N2O5S/c1-35-11-10-20(22(32)29(12-21(30)31)14-24(25,26)27)28-23(33)34-13-19-17-8-4-2-6-15(17)16-7-3-5-9-18(16)19/h2-9,19-20H,10-14H2,1H3,(H,28,33)(H,30,31)/t20-/m1/s1. The number of ether oxygens (including phenoxy) is 1. The normalized spacial score (nSPS) is 13.5. The van der Waals surface area contributed by atoms with E-state index in [1.54, 1.807) is 6.26 Å². The number of hydrogen-bond donors (Lipinski definition) is 2. The number of nitrogens with one attached hydrogen (secondary N) is 1. The predicted octanol–water partition coefficient (Wildman–Crippen LogP) is 4.12. The number of amides is 2. The molecular weight excluding hydrogens is 485 g/mol. The molecule has 188 valence electrons. The van der Waals surface area contributed by atoms with E-state index in [0.717, 1.165) is 22.3 Å². The molecule has 0 fully saturated rings. The average Bonchev–Trinajstić information content (AvgIpc) is 3.12. The van der Waals surface area contributed by atoms with Crippen molar-refractivity contribution in [1.82, 2.24) is 10.2 Å². The Labute approximate surface area is 204 Å². The largest absolute Gasteiger partial charge is 0.480 e. The van der Waals surface area contributed by atoms with Crippen LogP contribution in [-0.4, -0.2) is 71.9 Å². The summed E-state index contributed by atoms with van der Waals surface area (Å²) in [4.78, 5) is 36.6. The van der Waals surface area contributed by atoms with Crippen LogP contribution in [0.2, 0.25) is 0 Å². The summed E-state index contributed by atoms with van der Waals surface area (Å²) in [6, 6.07) is 14.1. The smallest absolute Gasteiger partial charge is 0.407 e. The Bertz CT molecular complexity index is 1030. The van der Waals surface area contributed by atoms with E-state index in [1.165, 1.54) is 11.8 Å². The zero-order valence-electron chi connectivity index (χ0n) is 18.9. The number of nitrogens with zero attached hydrogens (tertiary/aromatic N) is 1. The Hall–Kier alpha value is -3.21. The molecule has 0 saturated carbocycles. The fraction of sp³-hybridized carbons (Fsp3) is 0.375. The molecular formula is C24H25F3N2O5S. The number of fused-ring (bicyclic) bond motifs is 3. The number of carbonyl (C=O) groups is 3. The summed E-state index contributed by atoms with van der Waals surface area (Å²) in [5.74, 6) is -2.60. The highest BCUT2D eigenvalue weighted by Crippen LogP contribution is 2.44. The van der Waals surface area contributed by atoms with Gasteiger partial charge in [0.2, 0.25) is 5.91 Å². The first-order valence-electron chi connectivity index (χ1n) is 10.8. The maximum Gasteiger partial charge on any atom is 0.407 e. The van der Waals surface area contributed by atoms with Gasteiger partial charge in [0.05, 0.1) is 0 Å². The van der Waals surface area contributed by atoms with Crippen molar-refractivity contribution in [2.75, 3.05) is 31.7 Å². The second-order valence-corrected chi connectivity index (χ2v) is 8.99. The molecule has 0 spiro atoms. The SMILES string of the molecule is CSCC[C@@H](NC(=O)OCC1c2ccccc2-c2ccccc21)C(=O)N(CC(=O)O)CC(F)(F)F. The Morgan fingerprint density at radius 1 is 1.09 bits per heavy atom. The number of hydrogen-bond acceptors (Lipinski definition) is 5. The number of aliphatic carboxylic acids is 1. The summed E-state index contributed by atoms with van der Waals surface area (Å²) >= 11 is 1.33. The van der Waals surface area contributed by atoms with Gasteiger partial charge in [-0.05, 0) is 40.7 Å². The second-order valence-electron chi connectivity index (χ2n) is 8.01. The zero-order chi connectivity index (χ0) is 25.6. The lowest BCUT2D eigenvalue weighted by Gasteiger charge is -2.27. The fourth-order valence-electron chi connectivity index (χ4n) is 4.09. The van der Waals surface area contributed by atoms with E-state index in [2.05, 4.69) is 5.32 Å². The fourth-order valence-corrected chi connectivity index (χ4v) is 4.56. The molecule has 0 radical (unpaired) electrons. The first-order valence-corrected chi connectivity index (χ1v) is 12.2. The first kappa shape index (κ1) is 26.4. The molecule has 2 aromatic carbocycles. The second kappa shape index (κ2) is 11.5. The van der Waals surface area contributed by atoms with Crippen LogP contribution in [0.15, 0.2) is 48.5 Å². The summed E-state index contributed by atoms with van der Waals surface area (Å²) in [6.45, 7) is -2.91. The van der Waals surface area contributed by atoms with Crippen LogP contribution in [0.25, 0.3) is 11.1 Å². The van der Waals surface area contributed by atoms with Crippen molar-refractivity contribution < 1.29 is 37.4 Å². The molecule has 1 atom stereocenters. The Kier molecular flexibility index (Phi) is 8.66. The monoisotopic (exact) mass is 510 g/mol. The molecule has 1 aliphatic rings. The quantitative estimate of drug-likeness (QED) is 0.499. The van der Waals surface area contributed by atoms with Crippen LogP contribution in [0.3, 0.4) is 0 Å². The third kappa shape index (κ3) is 6.91. The van der Waals surface area contributed by atoms with Gasteiger partial charge < -0.3 is 20.1 Å². The number of carbonyl (C=O) groups excluding carboxylic acids is 2. The summed E-state index contributed by atoms with van der Waals surface area (Å²) in [7, 11) is 0. The average molecular weight is 511 g/mol.